The maximum atomic E-state index is 5.42. The van der Waals surface area contributed by atoms with Crippen LogP contribution >= 0.6 is 11.3 Å². The van der Waals surface area contributed by atoms with E-state index in [2.05, 4.69) is 163 Å². The number of fused-ring (bicyclic) bond motifs is 8. The van der Waals surface area contributed by atoms with Crippen molar-refractivity contribution >= 4 is 64.7 Å². The Balaban J connectivity index is 1.13. The molecule has 1 unspecified atom stereocenters. The van der Waals surface area contributed by atoms with Gasteiger partial charge >= 0.3 is 0 Å². The zero-order valence-electron chi connectivity index (χ0n) is 27.5. The van der Waals surface area contributed by atoms with E-state index >= 15 is 0 Å². The van der Waals surface area contributed by atoms with Gasteiger partial charge in [-0.25, -0.2) is 9.98 Å². The number of hydrogen-bond acceptors (Lipinski definition) is 4. The minimum Gasteiger partial charge on any atom is -0.344 e. The van der Waals surface area contributed by atoms with Crippen LogP contribution in [0.15, 0.2) is 174 Å². The highest BCUT2D eigenvalue weighted by Gasteiger charge is 2.27. The molecule has 1 N–H and O–H groups in total. The molecule has 0 fully saturated rings. The molecule has 8 aromatic carbocycles. The molecule has 0 spiro atoms. The summed E-state index contributed by atoms with van der Waals surface area (Å²) in [5, 5.41) is 11.4. The molecule has 9 aromatic rings. The minimum atomic E-state index is -0.332. The van der Waals surface area contributed by atoms with E-state index in [1.807, 2.05) is 17.4 Å². The van der Waals surface area contributed by atoms with E-state index in [4.69, 9.17) is 9.98 Å². The third-order valence-electron chi connectivity index (χ3n) is 10.4. The quantitative estimate of drug-likeness (QED) is 0.199. The summed E-state index contributed by atoms with van der Waals surface area (Å²) in [6.45, 7) is 0. The lowest BCUT2D eigenvalue weighted by atomic mass is 9.94. The van der Waals surface area contributed by atoms with Crippen molar-refractivity contribution in [1.29, 1.82) is 0 Å². The Morgan fingerprint density at radius 1 is 0.471 bits per heavy atom. The normalized spacial score (nSPS) is 14.9. The zero-order valence-corrected chi connectivity index (χ0v) is 28.3. The second-order valence-electron chi connectivity index (χ2n) is 13.3. The van der Waals surface area contributed by atoms with Gasteiger partial charge in [0, 0.05) is 31.3 Å². The fraction of sp³-hybridized carbons (Fsp3) is 0.0213. The third-order valence-corrected chi connectivity index (χ3v) is 11.6. The van der Waals surface area contributed by atoms with Gasteiger partial charge in [0.1, 0.15) is 12.0 Å². The van der Waals surface area contributed by atoms with Gasteiger partial charge in [-0.2, -0.15) is 0 Å². The van der Waals surface area contributed by atoms with E-state index in [0.717, 1.165) is 28.4 Å². The van der Waals surface area contributed by atoms with Gasteiger partial charge < -0.3 is 5.32 Å². The molecule has 1 aliphatic carbocycles. The molecule has 4 heteroatoms. The molecule has 0 radical (unpaired) electrons. The Hall–Kier alpha value is -6.36. The van der Waals surface area contributed by atoms with Gasteiger partial charge in [-0.3, -0.25) is 0 Å². The maximum absolute atomic E-state index is 5.42. The second-order valence-corrected chi connectivity index (χ2v) is 14.4. The predicted molar refractivity (Wildman–Crippen MR) is 216 cm³/mol. The largest absolute Gasteiger partial charge is 0.344 e. The summed E-state index contributed by atoms with van der Waals surface area (Å²) in [7, 11) is 0. The van der Waals surface area contributed by atoms with E-state index in [-0.39, 0.29) is 6.17 Å². The topological polar surface area (TPSA) is 36.8 Å². The standard InChI is InChI=1S/C47H29N3S/c1-3-13-28(14-4-1)39-26-31(25-30-17-7-8-18-32(30)39)46-48-45(29-15-5-2-6-16-29)49-47(50-46)38-24-12-23-37-43-36-22-11-21-35-33-19-9-10-20-34(33)40(42(35)36)27-41(43)51-44(37)38/h1-27,46H,(H,48,49,50). The first-order valence-electron chi connectivity index (χ1n) is 17.4. The second kappa shape index (κ2) is 11.1. The van der Waals surface area contributed by atoms with Crippen molar-refractivity contribution in [3.63, 3.8) is 0 Å². The molecule has 11 rings (SSSR count). The molecule has 1 aliphatic heterocycles. The van der Waals surface area contributed by atoms with Gasteiger partial charge in [-0.05, 0) is 84.8 Å². The van der Waals surface area contributed by atoms with E-state index in [1.165, 1.54) is 75.1 Å². The number of rotatable bonds is 4. The van der Waals surface area contributed by atoms with E-state index in [1.54, 1.807) is 0 Å². The van der Waals surface area contributed by atoms with Crippen molar-refractivity contribution in [1.82, 2.24) is 5.32 Å². The molecule has 0 saturated carbocycles. The van der Waals surface area contributed by atoms with E-state index < -0.39 is 0 Å². The number of nitrogens with one attached hydrogen (secondary N) is 1. The van der Waals surface area contributed by atoms with Gasteiger partial charge in [0.05, 0.1) is 0 Å². The van der Waals surface area contributed by atoms with Crippen molar-refractivity contribution in [2.75, 3.05) is 0 Å². The van der Waals surface area contributed by atoms with Gasteiger partial charge in [0.15, 0.2) is 5.84 Å². The van der Waals surface area contributed by atoms with Gasteiger partial charge in [0.2, 0.25) is 0 Å². The van der Waals surface area contributed by atoms with Crippen molar-refractivity contribution in [3.8, 4) is 33.4 Å². The molecule has 1 aromatic heterocycles. The number of nitrogens with zero attached hydrogens (tertiary/aromatic N) is 2. The van der Waals surface area contributed by atoms with Crippen molar-refractivity contribution in [2.45, 2.75) is 6.17 Å². The highest BCUT2D eigenvalue weighted by Crippen LogP contribution is 2.52. The average molecular weight is 668 g/mol. The lowest BCUT2D eigenvalue weighted by molar-refractivity contribution is 0.675. The summed E-state index contributed by atoms with van der Waals surface area (Å²) in [5.74, 6) is 1.56. The SMILES string of the molecule is c1ccc(C2=NC(c3cccc4c3sc3cc5c6c(cccc6c34)-c3ccccc3-5)=NC(c3cc(-c4ccccc4)c4ccccc4c3)N2)cc1. The van der Waals surface area contributed by atoms with Crippen LogP contribution in [0.5, 0.6) is 0 Å². The Morgan fingerprint density at radius 3 is 1.94 bits per heavy atom. The third kappa shape index (κ3) is 4.37. The number of benzene rings is 8. The van der Waals surface area contributed by atoms with Crippen molar-refractivity contribution < 1.29 is 0 Å². The summed E-state index contributed by atoms with van der Waals surface area (Å²) in [6.07, 6.45) is -0.332. The Bertz CT molecular complexity index is 2940. The molecular formula is C47H29N3S. The Kier molecular flexibility index (Phi) is 6.18. The van der Waals surface area contributed by atoms with Crippen LogP contribution < -0.4 is 5.32 Å². The summed E-state index contributed by atoms with van der Waals surface area (Å²) in [4.78, 5) is 10.7. The minimum absolute atomic E-state index is 0.332. The number of aliphatic imine (C=N–C) groups is 2. The van der Waals surface area contributed by atoms with Crippen LogP contribution in [-0.2, 0) is 0 Å². The highest BCUT2D eigenvalue weighted by molar-refractivity contribution is 7.26. The molecule has 1 atom stereocenters. The molecule has 0 saturated heterocycles. The van der Waals surface area contributed by atoms with Crippen LogP contribution in [0.25, 0.3) is 75.1 Å². The number of amidine groups is 2. The van der Waals surface area contributed by atoms with Crippen LogP contribution in [0, 0.1) is 0 Å². The fourth-order valence-corrected chi connectivity index (χ4v) is 9.44. The summed E-state index contributed by atoms with van der Waals surface area (Å²) in [6, 6.07) is 58.9. The monoisotopic (exact) mass is 667 g/mol. The van der Waals surface area contributed by atoms with Crippen LogP contribution in [0.4, 0.5) is 0 Å². The van der Waals surface area contributed by atoms with E-state index in [9.17, 15) is 0 Å². The first kappa shape index (κ1) is 28.5. The van der Waals surface area contributed by atoms with Crippen LogP contribution in [0.2, 0.25) is 0 Å². The molecule has 51 heavy (non-hydrogen) atoms. The molecular weight excluding hydrogens is 639 g/mol. The lowest BCUT2D eigenvalue weighted by Gasteiger charge is -2.25. The van der Waals surface area contributed by atoms with Crippen molar-refractivity contribution in [2.24, 2.45) is 9.98 Å². The van der Waals surface area contributed by atoms with Gasteiger partial charge in [-0.15, -0.1) is 11.3 Å². The summed E-state index contributed by atoms with van der Waals surface area (Å²) < 4.78 is 2.50. The fourth-order valence-electron chi connectivity index (χ4n) is 8.17. The maximum Gasteiger partial charge on any atom is 0.160 e. The van der Waals surface area contributed by atoms with Gasteiger partial charge in [-0.1, -0.05) is 140 Å². The van der Waals surface area contributed by atoms with Crippen LogP contribution in [-0.4, -0.2) is 11.7 Å². The molecule has 2 heterocycles. The summed E-state index contributed by atoms with van der Waals surface area (Å²) in [5.41, 5.74) is 10.9. The van der Waals surface area contributed by atoms with Crippen molar-refractivity contribution in [3.05, 3.63) is 180 Å². The number of hydrogen-bond donors (Lipinski definition) is 1. The highest BCUT2D eigenvalue weighted by atomic mass is 32.1. The number of thiophene rings is 1. The molecule has 3 nitrogen and oxygen atoms in total. The van der Waals surface area contributed by atoms with E-state index in [0.29, 0.717) is 0 Å². The summed E-state index contributed by atoms with van der Waals surface area (Å²) >= 11 is 1.85. The van der Waals surface area contributed by atoms with Gasteiger partial charge in [0.25, 0.3) is 0 Å². The van der Waals surface area contributed by atoms with Crippen LogP contribution in [0.3, 0.4) is 0 Å². The first-order valence-corrected chi connectivity index (χ1v) is 18.2. The lowest BCUT2D eigenvalue weighted by Crippen LogP contribution is -2.33. The molecule has 238 valence electrons. The zero-order chi connectivity index (χ0) is 33.5. The Morgan fingerprint density at radius 2 is 1.12 bits per heavy atom. The smallest absolute Gasteiger partial charge is 0.160 e. The average Bonchev–Trinajstić information content (AvgIpc) is 3.75. The molecule has 0 bridgehead atoms. The Labute approximate surface area is 298 Å². The predicted octanol–water partition coefficient (Wildman–Crippen LogP) is 12.2. The molecule has 0 amide bonds. The van der Waals surface area contributed by atoms with Crippen LogP contribution in [0.1, 0.15) is 22.9 Å². The first-order chi connectivity index (χ1) is 25.3. The molecule has 2 aliphatic rings.